The lowest BCUT2D eigenvalue weighted by Crippen LogP contribution is -2.26. The maximum atomic E-state index is 12.1. The molecule has 6 heteroatoms. The molecule has 0 saturated carbocycles. The summed E-state index contributed by atoms with van der Waals surface area (Å²) in [6.45, 7) is 0.517. The Kier molecular flexibility index (Phi) is 5.44. The smallest absolute Gasteiger partial charge is 0.407 e. The minimum atomic E-state index is -0.963. The number of carbonyl (C=O) groups excluding carboxylic acids is 1. The number of carbonyl (C=O) groups is 2. The molecule has 0 unspecified atom stereocenters. The van der Waals surface area contributed by atoms with E-state index >= 15 is 0 Å². The SMILES string of the molecule is O=C(NCC=Cc1cscc1C(=O)O)OCC1c2ccccc2-c2ccccc21. The number of nitrogens with one attached hydrogen (secondary N) is 1. The van der Waals surface area contributed by atoms with E-state index in [1.54, 1.807) is 22.9 Å². The van der Waals surface area contributed by atoms with E-state index in [-0.39, 0.29) is 24.6 Å². The first-order chi connectivity index (χ1) is 14.1. The van der Waals surface area contributed by atoms with E-state index < -0.39 is 12.1 Å². The third-order valence-electron chi connectivity index (χ3n) is 4.93. The molecule has 0 radical (unpaired) electrons. The number of hydrogen-bond acceptors (Lipinski definition) is 4. The average molecular weight is 405 g/mol. The quantitative estimate of drug-likeness (QED) is 0.605. The Morgan fingerprint density at radius 3 is 2.34 bits per heavy atom. The van der Waals surface area contributed by atoms with Crippen LogP contribution in [0.1, 0.15) is 33.0 Å². The fraction of sp³-hybridized carbons (Fsp3) is 0.130. The number of carboxylic acids is 1. The molecule has 4 rings (SSSR count). The van der Waals surface area contributed by atoms with Crippen molar-refractivity contribution < 1.29 is 19.4 Å². The predicted molar refractivity (Wildman–Crippen MR) is 113 cm³/mol. The van der Waals surface area contributed by atoms with Gasteiger partial charge in [0.2, 0.25) is 0 Å². The number of hydrogen-bond donors (Lipinski definition) is 2. The first-order valence-electron chi connectivity index (χ1n) is 9.20. The van der Waals surface area contributed by atoms with E-state index in [1.165, 1.54) is 33.6 Å². The van der Waals surface area contributed by atoms with Crippen LogP contribution in [-0.4, -0.2) is 30.3 Å². The molecule has 29 heavy (non-hydrogen) atoms. The van der Waals surface area contributed by atoms with Gasteiger partial charge in [-0.25, -0.2) is 9.59 Å². The second-order valence-electron chi connectivity index (χ2n) is 6.65. The van der Waals surface area contributed by atoms with E-state index in [2.05, 4.69) is 29.6 Å². The number of aromatic carboxylic acids is 1. The summed E-state index contributed by atoms with van der Waals surface area (Å²) in [7, 11) is 0. The van der Waals surface area contributed by atoms with E-state index in [4.69, 9.17) is 9.84 Å². The Hall–Kier alpha value is -3.38. The summed E-state index contributed by atoms with van der Waals surface area (Å²) in [4.78, 5) is 23.2. The van der Waals surface area contributed by atoms with E-state index in [0.29, 0.717) is 5.56 Å². The highest BCUT2D eigenvalue weighted by Crippen LogP contribution is 2.44. The molecule has 0 saturated heterocycles. The van der Waals surface area contributed by atoms with Gasteiger partial charge in [0.1, 0.15) is 6.61 Å². The van der Waals surface area contributed by atoms with Gasteiger partial charge in [-0.3, -0.25) is 0 Å². The average Bonchev–Trinajstić information content (AvgIpc) is 3.33. The van der Waals surface area contributed by atoms with Crippen molar-refractivity contribution >= 4 is 29.5 Å². The summed E-state index contributed by atoms with van der Waals surface area (Å²) in [6, 6.07) is 16.4. The first-order valence-corrected chi connectivity index (χ1v) is 10.1. The molecule has 1 heterocycles. The highest BCUT2D eigenvalue weighted by Gasteiger charge is 2.28. The number of benzene rings is 2. The summed E-state index contributed by atoms with van der Waals surface area (Å²) in [5.41, 5.74) is 5.58. The zero-order chi connectivity index (χ0) is 20.2. The van der Waals surface area contributed by atoms with Crippen LogP contribution in [0, 0.1) is 0 Å². The molecule has 1 aliphatic rings. The fourth-order valence-electron chi connectivity index (χ4n) is 3.59. The lowest BCUT2D eigenvalue weighted by atomic mass is 9.98. The van der Waals surface area contributed by atoms with Gasteiger partial charge in [-0.1, -0.05) is 60.7 Å². The van der Waals surface area contributed by atoms with E-state index in [9.17, 15) is 9.59 Å². The van der Waals surface area contributed by atoms with Crippen LogP contribution in [-0.2, 0) is 4.74 Å². The molecule has 1 aromatic heterocycles. The third-order valence-corrected chi connectivity index (χ3v) is 5.69. The van der Waals surface area contributed by atoms with E-state index in [0.717, 1.165) is 0 Å². The molecule has 1 aliphatic carbocycles. The van der Waals surface area contributed by atoms with Gasteiger partial charge in [-0.15, -0.1) is 0 Å². The molecule has 0 aliphatic heterocycles. The highest BCUT2D eigenvalue weighted by atomic mass is 32.1. The Labute approximate surface area is 172 Å². The molecule has 3 aromatic rings. The molecule has 2 aromatic carbocycles. The largest absolute Gasteiger partial charge is 0.478 e. The van der Waals surface area contributed by atoms with Crippen LogP contribution in [0.4, 0.5) is 4.79 Å². The molecule has 1 amide bonds. The highest BCUT2D eigenvalue weighted by molar-refractivity contribution is 7.08. The second kappa shape index (κ2) is 8.32. The van der Waals surface area contributed by atoms with E-state index in [1.807, 2.05) is 24.3 Å². The molecule has 146 valence electrons. The molecular formula is C23H19NO4S. The van der Waals surface area contributed by atoms with Crippen LogP contribution < -0.4 is 5.32 Å². The number of rotatable bonds is 6. The Bertz CT molecular complexity index is 1040. The van der Waals surface area contributed by atoms with Crippen molar-refractivity contribution in [2.45, 2.75) is 5.92 Å². The van der Waals surface area contributed by atoms with Crippen molar-refractivity contribution in [3.63, 3.8) is 0 Å². The molecule has 0 bridgehead atoms. The number of thiophene rings is 1. The van der Waals surface area contributed by atoms with Crippen LogP contribution in [0.15, 0.2) is 65.4 Å². The lowest BCUT2D eigenvalue weighted by molar-refractivity contribution is 0.0697. The normalized spacial score (nSPS) is 12.6. The minimum absolute atomic E-state index is 0.0209. The van der Waals surface area contributed by atoms with Crippen molar-refractivity contribution in [1.29, 1.82) is 0 Å². The number of carboxylic acid groups (broad SMARTS) is 1. The molecule has 2 N–H and O–H groups in total. The summed E-state index contributed by atoms with van der Waals surface area (Å²) < 4.78 is 5.46. The number of alkyl carbamates (subject to hydrolysis) is 1. The molecular weight excluding hydrogens is 386 g/mol. The topological polar surface area (TPSA) is 75.6 Å². The van der Waals surface area contributed by atoms with Crippen molar-refractivity contribution in [3.05, 3.63) is 87.6 Å². The fourth-order valence-corrected chi connectivity index (χ4v) is 4.38. The Morgan fingerprint density at radius 2 is 1.69 bits per heavy atom. The zero-order valence-electron chi connectivity index (χ0n) is 15.5. The Balaban J connectivity index is 1.34. The van der Waals surface area contributed by atoms with Gasteiger partial charge in [0.25, 0.3) is 0 Å². The lowest BCUT2D eigenvalue weighted by Gasteiger charge is -2.14. The van der Waals surface area contributed by atoms with Crippen LogP contribution >= 0.6 is 11.3 Å². The first kappa shape index (κ1) is 19.0. The molecule has 0 fully saturated rings. The summed E-state index contributed by atoms with van der Waals surface area (Å²) >= 11 is 1.33. The number of fused-ring (bicyclic) bond motifs is 3. The van der Waals surface area contributed by atoms with Gasteiger partial charge in [0, 0.05) is 17.8 Å². The molecule has 0 atom stereocenters. The van der Waals surface area contributed by atoms with Gasteiger partial charge in [0.15, 0.2) is 0 Å². The van der Waals surface area contributed by atoms with Gasteiger partial charge in [-0.2, -0.15) is 11.3 Å². The summed E-state index contributed by atoms with van der Waals surface area (Å²) in [5, 5.41) is 15.1. The van der Waals surface area contributed by atoms with Crippen LogP contribution in [0.2, 0.25) is 0 Å². The van der Waals surface area contributed by atoms with Gasteiger partial charge in [0.05, 0.1) is 5.56 Å². The predicted octanol–water partition coefficient (Wildman–Crippen LogP) is 5.00. The second-order valence-corrected chi connectivity index (χ2v) is 7.40. The molecule has 0 spiro atoms. The maximum absolute atomic E-state index is 12.1. The number of ether oxygens (including phenoxy) is 1. The molecule has 5 nitrogen and oxygen atoms in total. The van der Waals surface area contributed by atoms with Crippen molar-refractivity contribution in [2.75, 3.05) is 13.2 Å². The maximum Gasteiger partial charge on any atom is 0.407 e. The standard InChI is InChI=1S/C23H19NO4S/c25-22(26)21-14-29-13-15(21)6-5-11-24-23(27)28-12-20-18-9-3-1-7-16(18)17-8-2-4-10-19(17)20/h1-10,13-14,20H,11-12H2,(H,24,27)(H,25,26). The van der Waals surface area contributed by atoms with Crippen molar-refractivity contribution in [2.24, 2.45) is 0 Å². The summed E-state index contributed by atoms with van der Waals surface area (Å²) in [5.74, 6) is -0.942. The van der Waals surface area contributed by atoms with Gasteiger partial charge in [-0.05, 0) is 33.2 Å². The van der Waals surface area contributed by atoms with Crippen LogP contribution in [0.3, 0.4) is 0 Å². The number of amides is 1. The Morgan fingerprint density at radius 1 is 1.03 bits per heavy atom. The minimum Gasteiger partial charge on any atom is -0.478 e. The third kappa shape index (κ3) is 3.93. The monoisotopic (exact) mass is 405 g/mol. The van der Waals surface area contributed by atoms with Crippen LogP contribution in [0.5, 0.6) is 0 Å². The van der Waals surface area contributed by atoms with Crippen molar-refractivity contribution in [1.82, 2.24) is 5.32 Å². The van der Waals surface area contributed by atoms with Gasteiger partial charge >= 0.3 is 12.1 Å². The summed E-state index contributed by atoms with van der Waals surface area (Å²) in [6.07, 6.45) is 2.89. The van der Waals surface area contributed by atoms with Crippen LogP contribution in [0.25, 0.3) is 17.2 Å². The zero-order valence-corrected chi connectivity index (χ0v) is 16.3. The van der Waals surface area contributed by atoms with Gasteiger partial charge < -0.3 is 15.2 Å². The van der Waals surface area contributed by atoms with Crippen molar-refractivity contribution in [3.8, 4) is 11.1 Å².